The van der Waals surface area contributed by atoms with Crippen molar-refractivity contribution in [2.45, 2.75) is 51.0 Å². The molecule has 0 N–H and O–H groups in total. The molecular formula is C15H21NO. The molecule has 1 aromatic rings. The molecule has 0 radical (unpaired) electrons. The van der Waals surface area contributed by atoms with Crippen molar-refractivity contribution in [3.8, 4) is 0 Å². The Morgan fingerprint density at radius 3 is 2.76 bits per heavy atom. The van der Waals surface area contributed by atoms with E-state index >= 15 is 0 Å². The first-order chi connectivity index (χ1) is 8.19. The lowest BCUT2D eigenvalue weighted by molar-refractivity contribution is -0.124. The van der Waals surface area contributed by atoms with Crippen LogP contribution in [0.3, 0.4) is 0 Å². The second-order valence-corrected chi connectivity index (χ2v) is 5.59. The van der Waals surface area contributed by atoms with Crippen molar-refractivity contribution < 1.29 is 4.74 Å². The van der Waals surface area contributed by atoms with E-state index in [-0.39, 0.29) is 11.8 Å². The van der Waals surface area contributed by atoms with Crippen molar-refractivity contribution in [2.24, 2.45) is 0 Å². The van der Waals surface area contributed by atoms with Crippen molar-refractivity contribution in [3.05, 3.63) is 35.9 Å². The minimum Gasteiger partial charge on any atom is -0.351 e. The molecule has 0 saturated carbocycles. The molecule has 2 nitrogen and oxygen atoms in total. The number of fused-ring (bicyclic) bond motifs is 1. The van der Waals surface area contributed by atoms with Crippen LogP contribution in [0.4, 0.5) is 0 Å². The number of hydrogen-bond acceptors (Lipinski definition) is 2. The molecule has 2 heterocycles. The molecule has 2 aliphatic heterocycles. The van der Waals surface area contributed by atoms with Crippen LogP contribution in [-0.2, 0) is 4.74 Å². The van der Waals surface area contributed by atoms with Crippen molar-refractivity contribution in [1.82, 2.24) is 4.90 Å². The maximum atomic E-state index is 6.34. The van der Waals surface area contributed by atoms with Gasteiger partial charge in [-0.25, -0.2) is 0 Å². The number of hydrogen-bond donors (Lipinski definition) is 0. The molecule has 0 aromatic heterocycles. The topological polar surface area (TPSA) is 12.5 Å². The van der Waals surface area contributed by atoms with Crippen molar-refractivity contribution >= 4 is 0 Å². The molecule has 3 unspecified atom stereocenters. The van der Waals surface area contributed by atoms with Gasteiger partial charge in [0.15, 0.2) is 0 Å². The molecular weight excluding hydrogens is 210 g/mol. The maximum Gasteiger partial charge on any atom is 0.120 e. The molecule has 2 aliphatic rings. The number of piperidine rings is 1. The highest BCUT2D eigenvalue weighted by molar-refractivity contribution is 5.19. The van der Waals surface area contributed by atoms with Gasteiger partial charge in [0.25, 0.3) is 0 Å². The lowest BCUT2D eigenvalue weighted by Gasteiger charge is -2.42. The number of rotatable bonds is 1. The van der Waals surface area contributed by atoms with Gasteiger partial charge >= 0.3 is 0 Å². The third kappa shape index (κ3) is 1.90. The maximum absolute atomic E-state index is 6.34. The second kappa shape index (κ2) is 4.11. The Bertz CT molecular complexity index is 391. The monoisotopic (exact) mass is 231 g/mol. The molecule has 3 atom stereocenters. The fraction of sp³-hybridized carbons (Fsp3) is 0.600. The zero-order valence-corrected chi connectivity index (χ0v) is 10.7. The molecule has 2 saturated heterocycles. The molecule has 0 aliphatic carbocycles. The SMILES string of the molecule is CC1CCCC2(C)OC(c3ccccc3)CN12. The van der Waals surface area contributed by atoms with E-state index in [0.717, 1.165) is 6.54 Å². The average molecular weight is 231 g/mol. The van der Waals surface area contributed by atoms with Gasteiger partial charge in [-0.3, -0.25) is 4.90 Å². The second-order valence-electron chi connectivity index (χ2n) is 5.59. The van der Waals surface area contributed by atoms with E-state index in [0.29, 0.717) is 6.04 Å². The summed E-state index contributed by atoms with van der Waals surface area (Å²) in [6.45, 7) is 5.63. The summed E-state index contributed by atoms with van der Waals surface area (Å²) in [6, 6.07) is 11.3. The fourth-order valence-electron chi connectivity index (χ4n) is 3.35. The van der Waals surface area contributed by atoms with Gasteiger partial charge in [0.2, 0.25) is 0 Å². The minimum atomic E-state index is -0.0296. The Morgan fingerprint density at radius 2 is 2.06 bits per heavy atom. The van der Waals surface area contributed by atoms with E-state index in [9.17, 15) is 0 Å². The Kier molecular flexibility index (Phi) is 2.72. The first-order valence-corrected chi connectivity index (χ1v) is 6.68. The van der Waals surface area contributed by atoms with Crippen LogP contribution >= 0.6 is 0 Å². The number of nitrogens with zero attached hydrogens (tertiary/aromatic N) is 1. The summed E-state index contributed by atoms with van der Waals surface area (Å²) in [4.78, 5) is 2.55. The molecule has 2 fully saturated rings. The number of ether oxygens (including phenoxy) is 1. The summed E-state index contributed by atoms with van der Waals surface area (Å²) < 4.78 is 6.34. The van der Waals surface area contributed by atoms with Crippen LogP contribution in [0.5, 0.6) is 0 Å². The quantitative estimate of drug-likeness (QED) is 0.735. The highest BCUT2D eigenvalue weighted by Gasteiger charge is 2.47. The average Bonchev–Trinajstić information content (AvgIpc) is 2.69. The van der Waals surface area contributed by atoms with E-state index in [1.54, 1.807) is 0 Å². The summed E-state index contributed by atoms with van der Waals surface area (Å²) in [5.41, 5.74) is 1.29. The summed E-state index contributed by atoms with van der Waals surface area (Å²) in [5, 5.41) is 0. The molecule has 0 spiro atoms. The molecule has 0 amide bonds. The summed E-state index contributed by atoms with van der Waals surface area (Å²) in [5.74, 6) is 0. The van der Waals surface area contributed by atoms with E-state index in [1.165, 1.54) is 24.8 Å². The largest absolute Gasteiger partial charge is 0.351 e. The van der Waals surface area contributed by atoms with E-state index in [4.69, 9.17) is 4.74 Å². The smallest absolute Gasteiger partial charge is 0.120 e. The van der Waals surface area contributed by atoms with E-state index in [2.05, 4.69) is 49.1 Å². The first kappa shape index (κ1) is 11.2. The van der Waals surface area contributed by atoms with Gasteiger partial charge in [-0.1, -0.05) is 30.3 Å². The fourth-order valence-corrected chi connectivity index (χ4v) is 3.35. The van der Waals surface area contributed by atoms with E-state index in [1.807, 2.05) is 0 Å². The van der Waals surface area contributed by atoms with Crippen LogP contribution in [0, 0.1) is 0 Å². The molecule has 17 heavy (non-hydrogen) atoms. The van der Waals surface area contributed by atoms with Crippen molar-refractivity contribution in [3.63, 3.8) is 0 Å². The van der Waals surface area contributed by atoms with E-state index < -0.39 is 0 Å². The zero-order valence-electron chi connectivity index (χ0n) is 10.7. The molecule has 3 rings (SSSR count). The van der Waals surface area contributed by atoms with Crippen LogP contribution in [0.2, 0.25) is 0 Å². The minimum absolute atomic E-state index is 0.0296. The van der Waals surface area contributed by atoms with Crippen LogP contribution < -0.4 is 0 Å². The highest BCUT2D eigenvalue weighted by atomic mass is 16.5. The summed E-state index contributed by atoms with van der Waals surface area (Å²) >= 11 is 0. The van der Waals surface area contributed by atoms with Gasteiger partial charge in [-0.2, -0.15) is 0 Å². The Balaban J connectivity index is 1.84. The normalized spacial score (nSPS) is 38.0. The predicted molar refractivity (Wildman–Crippen MR) is 68.7 cm³/mol. The van der Waals surface area contributed by atoms with Crippen LogP contribution in [0.15, 0.2) is 30.3 Å². The van der Waals surface area contributed by atoms with Gasteiger partial charge in [0.1, 0.15) is 5.72 Å². The Morgan fingerprint density at radius 1 is 1.29 bits per heavy atom. The van der Waals surface area contributed by atoms with Crippen LogP contribution in [-0.4, -0.2) is 23.2 Å². The van der Waals surface area contributed by atoms with Crippen LogP contribution in [0.1, 0.15) is 44.8 Å². The zero-order chi connectivity index (χ0) is 11.9. The molecule has 2 heteroatoms. The molecule has 1 aromatic carbocycles. The molecule has 0 bridgehead atoms. The van der Waals surface area contributed by atoms with Gasteiger partial charge in [-0.15, -0.1) is 0 Å². The summed E-state index contributed by atoms with van der Waals surface area (Å²) in [7, 11) is 0. The highest BCUT2D eigenvalue weighted by Crippen LogP contribution is 2.43. The predicted octanol–water partition coefficient (Wildman–Crippen LogP) is 3.35. The van der Waals surface area contributed by atoms with Crippen molar-refractivity contribution in [2.75, 3.05) is 6.54 Å². The van der Waals surface area contributed by atoms with Crippen LogP contribution in [0.25, 0.3) is 0 Å². The van der Waals surface area contributed by atoms with Gasteiger partial charge in [0.05, 0.1) is 6.10 Å². The lowest BCUT2D eigenvalue weighted by Crippen LogP contribution is -2.50. The Hall–Kier alpha value is -0.860. The third-order valence-electron chi connectivity index (χ3n) is 4.33. The van der Waals surface area contributed by atoms with Crippen molar-refractivity contribution in [1.29, 1.82) is 0 Å². The first-order valence-electron chi connectivity index (χ1n) is 6.68. The molecule has 92 valence electrons. The summed E-state index contributed by atoms with van der Waals surface area (Å²) in [6.07, 6.45) is 4.01. The van der Waals surface area contributed by atoms with Gasteiger partial charge in [0, 0.05) is 12.6 Å². The number of benzene rings is 1. The standard InChI is InChI=1S/C15H21NO/c1-12-7-6-10-15(2)16(12)11-14(17-15)13-8-4-3-5-9-13/h3-5,8-9,12,14H,6-7,10-11H2,1-2H3. The Labute approximate surface area is 104 Å². The van der Waals surface area contributed by atoms with Gasteiger partial charge in [-0.05, 0) is 38.7 Å². The lowest BCUT2D eigenvalue weighted by atomic mass is 9.95. The third-order valence-corrected chi connectivity index (χ3v) is 4.33. The van der Waals surface area contributed by atoms with Gasteiger partial charge < -0.3 is 4.74 Å².